The van der Waals surface area contributed by atoms with Crippen molar-refractivity contribution in [2.24, 2.45) is 7.05 Å². The number of halogens is 1. The normalized spacial score (nSPS) is 10.7. The third-order valence-corrected chi connectivity index (χ3v) is 4.41. The second-order valence-corrected chi connectivity index (χ2v) is 6.53. The average Bonchev–Trinajstić information content (AvgIpc) is 2.61. The van der Waals surface area contributed by atoms with Crippen molar-refractivity contribution in [1.82, 2.24) is 4.57 Å². The molecular formula is C20H17ClN2O4. The summed E-state index contributed by atoms with van der Waals surface area (Å²) in [5.74, 6) is -1.32. The second kappa shape index (κ2) is 7.25. The predicted molar refractivity (Wildman–Crippen MR) is 105 cm³/mol. The van der Waals surface area contributed by atoms with E-state index < -0.39 is 17.4 Å². The average molecular weight is 385 g/mol. The van der Waals surface area contributed by atoms with E-state index in [2.05, 4.69) is 5.32 Å². The first-order valence-corrected chi connectivity index (χ1v) is 8.55. The van der Waals surface area contributed by atoms with E-state index in [9.17, 15) is 14.4 Å². The summed E-state index contributed by atoms with van der Waals surface area (Å²) in [7, 11) is 1.57. The summed E-state index contributed by atoms with van der Waals surface area (Å²) in [5.41, 5.74) is 1.02. The van der Waals surface area contributed by atoms with Crippen molar-refractivity contribution in [1.29, 1.82) is 0 Å². The Morgan fingerprint density at radius 1 is 1.11 bits per heavy atom. The van der Waals surface area contributed by atoms with E-state index in [1.54, 1.807) is 43.4 Å². The summed E-state index contributed by atoms with van der Waals surface area (Å²) in [4.78, 5) is 37.4. The topological polar surface area (TPSA) is 77.4 Å². The molecule has 0 atom stereocenters. The van der Waals surface area contributed by atoms with Gasteiger partial charge in [0.15, 0.2) is 5.75 Å². The molecule has 3 aromatic rings. The van der Waals surface area contributed by atoms with E-state index >= 15 is 0 Å². The number of anilines is 1. The molecule has 0 spiro atoms. The molecule has 2 aromatic carbocycles. The lowest BCUT2D eigenvalue weighted by molar-refractivity contribution is -0.131. The fraction of sp³-hybridized carbons (Fsp3) is 0.150. The van der Waals surface area contributed by atoms with Crippen LogP contribution >= 0.6 is 11.6 Å². The zero-order chi connectivity index (χ0) is 19.7. The molecule has 0 aliphatic heterocycles. The summed E-state index contributed by atoms with van der Waals surface area (Å²) in [5, 5.41) is 3.71. The van der Waals surface area contributed by atoms with Crippen molar-refractivity contribution >= 4 is 40.1 Å². The third kappa shape index (κ3) is 3.57. The molecule has 0 saturated carbocycles. The molecule has 3 rings (SSSR count). The highest BCUT2D eigenvalue weighted by molar-refractivity contribution is 6.30. The number of benzene rings is 2. The lowest BCUT2D eigenvalue weighted by Crippen LogP contribution is -2.30. The number of hydrogen-bond donors (Lipinski definition) is 1. The molecule has 0 fully saturated rings. The van der Waals surface area contributed by atoms with Crippen molar-refractivity contribution in [3.8, 4) is 5.75 Å². The monoisotopic (exact) mass is 384 g/mol. The molecule has 0 aliphatic rings. The molecule has 138 valence electrons. The number of nitrogens with zero attached hydrogens (tertiary/aromatic N) is 1. The van der Waals surface area contributed by atoms with Crippen LogP contribution in [0.1, 0.15) is 22.8 Å². The van der Waals surface area contributed by atoms with Crippen LogP contribution in [0.4, 0.5) is 5.69 Å². The van der Waals surface area contributed by atoms with Gasteiger partial charge in [-0.25, -0.2) is 0 Å². The number of fused-ring (bicyclic) bond motifs is 1. The van der Waals surface area contributed by atoms with Crippen LogP contribution in [0.15, 0.2) is 47.3 Å². The molecule has 1 amide bonds. The molecule has 0 aliphatic carbocycles. The van der Waals surface area contributed by atoms with E-state index in [4.69, 9.17) is 16.3 Å². The maximum Gasteiger partial charge on any atom is 0.308 e. The van der Waals surface area contributed by atoms with Crippen LogP contribution in [-0.4, -0.2) is 16.4 Å². The number of hydrogen-bond acceptors (Lipinski definition) is 4. The summed E-state index contributed by atoms with van der Waals surface area (Å²) in [6.45, 7) is 3.04. The number of ether oxygens (including phenoxy) is 1. The standard InChI is InChI=1S/C20H17ClN2O4/c1-11-5-4-6-15-16(11)18(27-12(2)24)17(20(26)23(15)3)19(25)22-14-9-7-13(21)8-10-14/h4-10H,1-3H3,(H,22,25). The number of carbonyl (C=O) groups excluding carboxylic acids is 2. The maximum atomic E-state index is 12.9. The van der Waals surface area contributed by atoms with Gasteiger partial charge in [-0.2, -0.15) is 0 Å². The van der Waals surface area contributed by atoms with Gasteiger partial charge in [0.2, 0.25) is 0 Å². The first-order chi connectivity index (χ1) is 12.8. The van der Waals surface area contributed by atoms with Crippen LogP contribution in [0.25, 0.3) is 10.9 Å². The first kappa shape index (κ1) is 18.7. The quantitative estimate of drug-likeness (QED) is 0.699. The highest BCUT2D eigenvalue weighted by Gasteiger charge is 2.25. The van der Waals surface area contributed by atoms with Crippen LogP contribution < -0.4 is 15.6 Å². The smallest absolute Gasteiger partial charge is 0.308 e. The Kier molecular flexibility index (Phi) is 5.01. The van der Waals surface area contributed by atoms with Crippen molar-refractivity contribution in [3.05, 3.63) is 69.0 Å². The molecule has 0 unspecified atom stereocenters. The number of carbonyl (C=O) groups is 2. The fourth-order valence-electron chi connectivity index (χ4n) is 2.90. The number of amides is 1. The Morgan fingerprint density at radius 3 is 2.41 bits per heavy atom. The van der Waals surface area contributed by atoms with Gasteiger partial charge in [0.25, 0.3) is 11.5 Å². The van der Waals surface area contributed by atoms with E-state index in [0.29, 0.717) is 21.6 Å². The van der Waals surface area contributed by atoms with Gasteiger partial charge >= 0.3 is 5.97 Å². The minimum Gasteiger partial charge on any atom is -0.425 e. The Hall–Kier alpha value is -3.12. The van der Waals surface area contributed by atoms with Gasteiger partial charge in [-0.1, -0.05) is 23.7 Å². The Morgan fingerprint density at radius 2 is 1.78 bits per heavy atom. The number of pyridine rings is 1. The highest BCUT2D eigenvalue weighted by Crippen LogP contribution is 2.31. The Bertz CT molecular complexity index is 1120. The van der Waals surface area contributed by atoms with Gasteiger partial charge in [-0.15, -0.1) is 0 Å². The van der Waals surface area contributed by atoms with Gasteiger partial charge in [0.1, 0.15) is 5.56 Å². The van der Waals surface area contributed by atoms with Gasteiger partial charge in [-0.3, -0.25) is 14.4 Å². The van der Waals surface area contributed by atoms with E-state index in [-0.39, 0.29) is 11.3 Å². The minimum atomic E-state index is -0.667. The minimum absolute atomic E-state index is 0.0369. The van der Waals surface area contributed by atoms with E-state index in [1.807, 2.05) is 13.0 Å². The van der Waals surface area contributed by atoms with E-state index in [0.717, 1.165) is 5.56 Å². The Balaban J connectivity index is 2.24. The van der Waals surface area contributed by atoms with Gasteiger partial charge in [-0.05, 0) is 42.8 Å². The summed E-state index contributed by atoms with van der Waals surface area (Å²) in [6, 6.07) is 11.8. The van der Waals surface area contributed by atoms with Gasteiger partial charge in [0.05, 0.1) is 5.52 Å². The van der Waals surface area contributed by atoms with Gasteiger partial charge < -0.3 is 14.6 Å². The van der Waals surface area contributed by atoms with Crippen molar-refractivity contribution in [2.75, 3.05) is 5.32 Å². The molecule has 6 nitrogen and oxygen atoms in total. The zero-order valence-electron chi connectivity index (χ0n) is 15.0. The molecule has 7 heteroatoms. The third-order valence-electron chi connectivity index (χ3n) is 4.16. The summed E-state index contributed by atoms with van der Waals surface area (Å²) < 4.78 is 6.69. The second-order valence-electron chi connectivity index (χ2n) is 6.09. The van der Waals surface area contributed by atoms with Gasteiger partial charge in [0, 0.05) is 30.1 Å². The van der Waals surface area contributed by atoms with Crippen LogP contribution in [0, 0.1) is 6.92 Å². The molecule has 0 radical (unpaired) electrons. The van der Waals surface area contributed by atoms with E-state index in [1.165, 1.54) is 11.5 Å². The van der Waals surface area contributed by atoms with Crippen molar-refractivity contribution in [3.63, 3.8) is 0 Å². The molecule has 1 heterocycles. The molecular weight excluding hydrogens is 368 g/mol. The number of rotatable bonds is 3. The molecule has 1 aromatic heterocycles. The lowest BCUT2D eigenvalue weighted by atomic mass is 10.0. The van der Waals surface area contributed by atoms with Crippen LogP contribution in [0.2, 0.25) is 5.02 Å². The zero-order valence-corrected chi connectivity index (χ0v) is 15.8. The molecule has 0 saturated heterocycles. The Labute approximate surface area is 160 Å². The SMILES string of the molecule is CC(=O)Oc1c(C(=O)Nc2ccc(Cl)cc2)c(=O)n(C)c2cccc(C)c12. The van der Waals surface area contributed by atoms with Crippen LogP contribution in [0.5, 0.6) is 5.75 Å². The van der Waals surface area contributed by atoms with Crippen LogP contribution in [0.3, 0.4) is 0 Å². The largest absolute Gasteiger partial charge is 0.425 e. The lowest BCUT2D eigenvalue weighted by Gasteiger charge is -2.16. The number of aryl methyl sites for hydroxylation is 2. The van der Waals surface area contributed by atoms with Crippen molar-refractivity contribution in [2.45, 2.75) is 13.8 Å². The maximum absolute atomic E-state index is 12.9. The first-order valence-electron chi connectivity index (χ1n) is 8.17. The van der Waals surface area contributed by atoms with Crippen LogP contribution in [-0.2, 0) is 11.8 Å². The fourth-order valence-corrected chi connectivity index (χ4v) is 3.03. The highest BCUT2D eigenvalue weighted by atomic mass is 35.5. The molecule has 27 heavy (non-hydrogen) atoms. The summed E-state index contributed by atoms with van der Waals surface area (Å²) in [6.07, 6.45) is 0. The molecule has 1 N–H and O–H groups in total. The summed E-state index contributed by atoms with van der Waals surface area (Å²) >= 11 is 5.85. The number of nitrogens with one attached hydrogen (secondary N) is 1. The number of aromatic nitrogens is 1. The predicted octanol–water partition coefficient (Wildman–Crippen LogP) is 3.68. The number of esters is 1. The van der Waals surface area contributed by atoms with Crippen molar-refractivity contribution < 1.29 is 14.3 Å². The molecule has 0 bridgehead atoms.